The quantitative estimate of drug-likeness (QED) is 0.269. The van der Waals surface area contributed by atoms with Crippen LogP contribution in [0.4, 0.5) is 4.39 Å². The SMILES string of the molecule is CCCC1=C2[C@@H](CC/C(C)=C/c3ccc(O)c(F)c3)OC[C@@H]2[C@@H]2C(=O)N(C3CCN(Cc4ccccc4)CC3)C(=O)[C@@H]2C1. The van der Waals surface area contributed by atoms with Gasteiger partial charge in [-0.1, -0.05) is 67.0 Å². The van der Waals surface area contributed by atoms with Gasteiger partial charge in [-0.2, -0.15) is 0 Å². The third-order valence-corrected chi connectivity index (χ3v) is 9.95. The summed E-state index contributed by atoms with van der Waals surface area (Å²) >= 11 is 0. The number of hydrogen-bond donors (Lipinski definition) is 1. The maximum Gasteiger partial charge on any atom is 0.234 e. The molecule has 2 amide bonds. The van der Waals surface area contributed by atoms with Crippen molar-refractivity contribution in [3.05, 3.63) is 82.2 Å². The van der Waals surface area contributed by atoms with E-state index < -0.39 is 5.82 Å². The number of carbonyl (C=O) groups is 2. The van der Waals surface area contributed by atoms with E-state index in [9.17, 15) is 19.1 Å². The van der Waals surface area contributed by atoms with Gasteiger partial charge in [-0.3, -0.25) is 19.4 Å². The highest BCUT2D eigenvalue weighted by atomic mass is 19.1. The van der Waals surface area contributed by atoms with E-state index in [1.807, 2.05) is 19.1 Å². The molecule has 0 radical (unpaired) electrons. The van der Waals surface area contributed by atoms with Gasteiger partial charge in [0.1, 0.15) is 0 Å². The van der Waals surface area contributed by atoms with Crippen LogP contribution in [0.5, 0.6) is 5.75 Å². The molecule has 0 bridgehead atoms. The van der Waals surface area contributed by atoms with Crippen molar-refractivity contribution in [2.45, 2.75) is 77.5 Å². The van der Waals surface area contributed by atoms with Gasteiger partial charge in [0.05, 0.1) is 24.5 Å². The minimum Gasteiger partial charge on any atom is -0.505 e. The van der Waals surface area contributed by atoms with Crippen LogP contribution in [0.3, 0.4) is 0 Å². The van der Waals surface area contributed by atoms with Crippen LogP contribution in [0.1, 0.15) is 69.9 Å². The minimum atomic E-state index is -0.628. The first kappa shape index (κ1) is 29.8. The number of phenolic OH excluding ortho intramolecular Hbond substituents is 1. The van der Waals surface area contributed by atoms with Gasteiger partial charge in [0.25, 0.3) is 0 Å². The monoisotopic (exact) mass is 586 g/mol. The summed E-state index contributed by atoms with van der Waals surface area (Å²) < 4.78 is 20.2. The fourth-order valence-corrected chi connectivity index (χ4v) is 7.90. The summed E-state index contributed by atoms with van der Waals surface area (Å²) in [7, 11) is 0. The average Bonchev–Trinajstić information content (AvgIpc) is 3.53. The van der Waals surface area contributed by atoms with Crippen molar-refractivity contribution < 1.29 is 23.8 Å². The van der Waals surface area contributed by atoms with E-state index in [0.717, 1.165) is 63.7 Å². The number of allylic oxidation sites excluding steroid dienone is 2. The molecule has 6 nitrogen and oxygen atoms in total. The van der Waals surface area contributed by atoms with Gasteiger partial charge >= 0.3 is 0 Å². The fourth-order valence-electron chi connectivity index (χ4n) is 7.90. The molecular weight excluding hydrogens is 543 g/mol. The zero-order valence-corrected chi connectivity index (χ0v) is 25.3. The van der Waals surface area contributed by atoms with Crippen LogP contribution in [0.25, 0.3) is 6.08 Å². The van der Waals surface area contributed by atoms with Crippen LogP contribution in [-0.4, -0.2) is 58.6 Å². The van der Waals surface area contributed by atoms with Gasteiger partial charge in [-0.05, 0) is 74.3 Å². The summed E-state index contributed by atoms with van der Waals surface area (Å²) in [5, 5.41) is 9.49. The lowest BCUT2D eigenvalue weighted by Crippen LogP contribution is -2.47. The van der Waals surface area contributed by atoms with Crippen molar-refractivity contribution >= 4 is 17.9 Å². The van der Waals surface area contributed by atoms with Crippen LogP contribution < -0.4 is 0 Å². The van der Waals surface area contributed by atoms with E-state index in [-0.39, 0.29) is 47.5 Å². The Morgan fingerprint density at radius 2 is 1.84 bits per heavy atom. The van der Waals surface area contributed by atoms with Crippen LogP contribution >= 0.6 is 0 Å². The number of amides is 2. The van der Waals surface area contributed by atoms with Crippen molar-refractivity contribution in [3.63, 3.8) is 0 Å². The Morgan fingerprint density at radius 3 is 2.56 bits per heavy atom. The molecule has 3 fully saturated rings. The second-order valence-corrected chi connectivity index (χ2v) is 12.9. The molecule has 7 heteroatoms. The average molecular weight is 587 g/mol. The Morgan fingerprint density at radius 1 is 1.07 bits per heavy atom. The summed E-state index contributed by atoms with van der Waals surface area (Å²) in [6.07, 6.45) is 7.67. The van der Waals surface area contributed by atoms with E-state index in [1.54, 1.807) is 11.0 Å². The number of hydrogen-bond acceptors (Lipinski definition) is 5. The number of nitrogens with zero attached hydrogens (tertiary/aromatic N) is 2. The topological polar surface area (TPSA) is 70.1 Å². The number of fused-ring (bicyclic) bond motifs is 3. The van der Waals surface area contributed by atoms with Gasteiger partial charge in [0, 0.05) is 31.6 Å². The van der Waals surface area contributed by atoms with Crippen molar-refractivity contribution in [3.8, 4) is 5.75 Å². The maximum absolute atomic E-state index is 14.0. The highest BCUT2D eigenvalue weighted by molar-refractivity contribution is 6.06. The molecule has 4 aliphatic rings. The molecule has 2 aromatic rings. The number of piperidine rings is 1. The molecule has 1 N–H and O–H groups in total. The van der Waals surface area contributed by atoms with Gasteiger partial charge in [-0.15, -0.1) is 0 Å². The van der Waals surface area contributed by atoms with Crippen molar-refractivity contribution in [1.29, 1.82) is 0 Å². The predicted octanol–water partition coefficient (Wildman–Crippen LogP) is 6.50. The van der Waals surface area contributed by atoms with Crippen molar-refractivity contribution in [2.24, 2.45) is 17.8 Å². The lowest BCUT2D eigenvalue weighted by atomic mass is 9.68. The molecule has 228 valence electrons. The Bertz CT molecular complexity index is 1410. The standard InChI is InChI=1S/C36H43FN2O4/c1-3-7-26-20-28-34(29-22-43-32(33(26)29)13-10-23(2)18-25-11-12-31(40)30(37)19-25)36(42)39(35(28)41)27-14-16-38(17-15-27)21-24-8-5-4-6-9-24/h4-6,8-9,11-12,18-19,27-29,32,34,40H,3,7,10,13-17,20-22H2,1-2H3/b23-18+/t28-,29+,32-,34-/m1/s1. The number of carbonyl (C=O) groups excluding carboxylic acids is 2. The summed E-state index contributed by atoms with van der Waals surface area (Å²) in [5.41, 5.74) is 5.69. The van der Waals surface area contributed by atoms with Crippen molar-refractivity contribution in [1.82, 2.24) is 9.80 Å². The number of halogens is 1. The number of ether oxygens (including phenoxy) is 1. The first-order valence-electron chi connectivity index (χ1n) is 16.0. The molecule has 6 rings (SSSR count). The van der Waals surface area contributed by atoms with Crippen molar-refractivity contribution in [2.75, 3.05) is 19.7 Å². The highest BCUT2D eigenvalue weighted by Crippen LogP contribution is 2.51. The fraction of sp³-hybridized carbons (Fsp3) is 0.500. The molecule has 43 heavy (non-hydrogen) atoms. The second kappa shape index (κ2) is 12.7. The highest BCUT2D eigenvalue weighted by Gasteiger charge is 2.58. The normalized spacial score (nSPS) is 26.8. The van der Waals surface area contributed by atoms with Gasteiger partial charge in [0.2, 0.25) is 11.8 Å². The largest absolute Gasteiger partial charge is 0.505 e. The lowest BCUT2D eigenvalue weighted by Gasteiger charge is -2.36. The van der Waals surface area contributed by atoms with Crippen LogP contribution in [0.2, 0.25) is 0 Å². The first-order valence-corrected chi connectivity index (χ1v) is 16.0. The molecular formula is C36H43FN2O4. The molecule has 0 unspecified atom stereocenters. The second-order valence-electron chi connectivity index (χ2n) is 12.9. The van der Waals surface area contributed by atoms with E-state index >= 15 is 0 Å². The molecule has 3 aliphatic heterocycles. The molecule has 4 atom stereocenters. The zero-order chi connectivity index (χ0) is 30.1. The van der Waals surface area contributed by atoms with E-state index in [1.165, 1.54) is 28.8 Å². The minimum absolute atomic E-state index is 0.0178. The number of phenols is 1. The summed E-state index contributed by atoms with van der Waals surface area (Å²) in [4.78, 5) is 32.0. The number of benzene rings is 2. The lowest BCUT2D eigenvalue weighted by molar-refractivity contribution is -0.144. The molecule has 3 heterocycles. The number of likely N-dealkylation sites (tertiary alicyclic amines) is 2. The smallest absolute Gasteiger partial charge is 0.234 e. The first-order chi connectivity index (χ1) is 20.8. The molecule has 3 saturated heterocycles. The van der Waals surface area contributed by atoms with Crippen LogP contribution in [0.15, 0.2) is 65.3 Å². The zero-order valence-electron chi connectivity index (χ0n) is 25.3. The third kappa shape index (κ3) is 6.07. The Hall–Kier alpha value is -3.29. The number of rotatable bonds is 9. The van der Waals surface area contributed by atoms with Gasteiger partial charge in [-0.25, -0.2) is 4.39 Å². The summed E-state index contributed by atoms with van der Waals surface area (Å²) in [5.74, 6) is -1.53. The molecule has 0 spiro atoms. The van der Waals surface area contributed by atoms with Crippen LogP contribution in [0, 0.1) is 23.6 Å². The Labute approximate surface area is 254 Å². The van der Waals surface area contributed by atoms with Gasteiger partial charge < -0.3 is 9.84 Å². The molecule has 0 aromatic heterocycles. The van der Waals surface area contributed by atoms with E-state index in [0.29, 0.717) is 18.6 Å². The Kier molecular flexibility index (Phi) is 8.83. The third-order valence-electron chi connectivity index (χ3n) is 9.95. The molecule has 0 saturated carbocycles. The van der Waals surface area contributed by atoms with Crippen LogP contribution in [-0.2, 0) is 20.9 Å². The Balaban J connectivity index is 1.13. The number of imide groups is 1. The molecule has 1 aliphatic carbocycles. The van der Waals surface area contributed by atoms with E-state index in [4.69, 9.17) is 4.74 Å². The van der Waals surface area contributed by atoms with Gasteiger partial charge in [0.15, 0.2) is 11.6 Å². The summed E-state index contributed by atoms with van der Waals surface area (Å²) in [6, 6.07) is 14.8. The number of aromatic hydroxyl groups is 1. The van der Waals surface area contributed by atoms with E-state index in [2.05, 4.69) is 36.1 Å². The summed E-state index contributed by atoms with van der Waals surface area (Å²) in [6.45, 7) is 7.35. The maximum atomic E-state index is 14.0. The predicted molar refractivity (Wildman–Crippen MR) is 164 cm³/mol. The molecule has 2 aromatic carbocycles.